The van der Waals surface area contributed by atoms with Gasteiger partial charge in [0.25, 0.3) is 0 Å². The molecule has 116 valence electrons. The third kappa shape index (κ3) is 3.31. The van der Waals surface area contributed by atoms with E-state index in [2.05, 4.69) is 5.10 Å². The summed E-state index contributed by atoms with van der Waals surface area (Å²) in [5, 5.41) is 7.64. The number of allylic oxidation sites excluding steroid dienone is 1. The molecule has 0 amide bonds. The van der Waals surface area contributed by atoms with Gasteiger partial charge in [-0.05, 0) is 37.0 Å². The molecule has 0 atom stereocenters. The van der Waals surface area contributed by atoms with Crippen LogP contribution in [0.25, 0.3) is 0 Å². The number of hydrogen-bond donors (Lipinski definition) is 0. The van der Waals surface area contributed by atoms with Crippen LogP contribution in [-0.2, 0) is 0 Å². The topological polar surface area (TPSA) is 41.9 Å². The van der Waals surface area contributed by atoms with Gasteiger partial charge in [-0.15, -0.1) is 0 Å². The maximum absolute atomic E-state index is 12.5. The van der Waals surface area contributed by atoms with Crippen molar-refractivity contribution in [1.82, 2.24) is 5.01 Å². The first-order valence-electron chi connectivity index (χ1n) is 7.23. The highest BCUT2D eigenvalue weighted by atomic mass is 35.5. The average molecular weight is 337 g/mol. The zero-order valence-electron chi connectivity index (χ0n) is 12.3. The maximum atomic E-state index is 12.5. The van der Waals surface area contributed by atoms with Crippen LogP contribution < -0.4 is 4.74 Å². The Bertz CT molecular complexity index is 641. The third-order valence-electron chi connectivity index (χ3n) is 3.95. The lowest BCUT2D eigenvalue weighted by molar-refractivity contribution is 0.104. The van der Waals surface area contributed by atoms with Crippen molar-refractivity contribution in [2.75, 3.05) is 13.7 Å². The molecule has 3 rings (SSSR count). The number of halogens is 1. The molecule has 1 heterocycles. The quantitative estimate of drug-likeness (QED) is 0.598. The van der Waals surface area contributed by atoms with E-state index in [0.29, 0.717) is 22.3 Å². The Morgan fingerprint density at radius 3 is 3.05 bits per heavy atom. The number of benzene rings is 1. The lowest BCUT2D eigenvalue weighted by atomic mass is 9.85. The first-order valence-corrected chi connectivity index (χ1v) is 8.49. The molecule has 2 aliphatic rings. The molecule has 1 aliphatic heterocycles. The minimum Gasteiger partial charge on any atom is -0.496 e. The normalized spacial score (nSPS) is 19.5. The predicted octanol–water partition coefficient (Wildman–Crippen LogP) is 4.16. The van der Waals surface area contributed by atoms with E-state index < -0.39 is 0 Å². The number of hydrazone groups is 1. The minimum atomic E-state index is -0.119. The zero-order valence-corrected chi connectivity index (χ0v) is 13.9. The van der Waals surface area contributed by atoms with E-state index in [-0.39, 0.29) is 5.78 Å². The first-order chi connectivity index (χ1) is 10.7. The second-order valence-corrected chi connectivity index (χ2v) is 6.71. The lowest BCUT2D eigenvalue weighted by Gasteiger charge is -2.29. The summed E-state index contributed by atoms with van der Waals surface area (Å²) in [4.78, 5) is 12.5. The fourth-order valence-electron chi connectivity index (χ4n) is 2.48. The molecule has 0 N–H and O–H groups in total. The molecule has 6 heteroatoms. The van der Waals surface area contributed by atoms with Crippen LogP contribution in [-0.4, -0.2) is 30.0 Å². The van der Waals surface area contributed by atoms with Crippen molar-refractivity contribution in [1.29, 1.82) is 0 Å². The summed E-state index contributed by atoms with van der Waals surface area (Å²) in [6, 6.07) is 5.05. The van der Waals surface area contributed by atoms with Gasteiger partial charge in [0.15, 0.2) is 5.78 Å². The van der Waals surface area contributed by atoms with Crippen molar-refractivity contribution in [2.24, 2.45) is 11.0 Å². The van der Waals surface area contributed by atoms with Crippen molar-refractivity contribution in [3.05, 3.63) is 39.9 Å². The van der Waals surface area contributed by atoms with Crippen LogP contribution in [0.15, 0.2) is 34.4 Å². The molecule has 1 saturated carbocycles. The summed E-state index contributed by atoms with van der Waals surface area (Å²) in [6.45, 7) is 0.884. The molecule has 0 bridgehead atoms. The van der Waals surface area contributed by atoms with E-state index in [9.17, 15) is 4.79 Å². The number of methoxy groups -OCH3 is 1. The van der Waals surface area contributed by atoms with Crippen molar-refractivity contribution in [2.45, 2.75) is 19.3 Å². The number of ether oxygens (including phenoxy) is 1. The number of thioether (sulfide) groups is 1. The summed E-state index contributed by atoms with van der Waals surface area (Å²) in [5.41, 5.74) is 2.24. The number of ketones is 1. The summed E-state index contributed by atoms with van der Waals surface area (Å²) in [7, 11) is 1.55. The Balaban J connectivity index is 1.78. The monoisotopic (exact) mass is 336 g/mol. The van der Waals surface area contributed by atoms with Gasteiger partial charge in [0.05, 0.1) is 18.2 Å². The second-order valence-electron chi connectivity index (χ2n) is 5.41. The van der Waals surface area contributed by atoms with Crippen molar-refractivity contribution in [3.63, 3.8) is 0 Å². The molecule has 0 aromatic heterocycles. The number of nitrogens with zero attached hydrogens (tertiary/aromatic N) is 2. The molecule has 1 aliphatic carbocycles. The molecule has 22 heavy (non-hydrogen) atoms. The molecule has 4 nitrogen and oxygen atoms in total. The van der Waals surface area contributed by atoms with Gasteiger partial charge in [-0.3, -0.25) is 9.80 Å². The van der Waals surface area contributed by atoms with Gasteiger partial charge in [0.2, 0.25) is 0 Å². The van der Waals surface area contributed by atoms with Gasteiger partial charge in [0.1, 0.15) is 10.8 Å². The predicted molar refractivity (Wildman–Crippen MR) is 90.5 cm³/mol. The maximum Gasteiger partial charge on any atom is 0.192 e. The number of carbonyl (C=O) groups excluding carboxylic acids is 1. The fourth-order valence-corrected chi connectivity index (χ4v) is 3.34. The Kier molecular flexibility index (Phi) is 4.74. The highest BCUT2D eigenvalue weighted by Gasteiger charge is 2.25. The fraction of sp³-hybridized carbons (Fsp3) is 0.375. The van der Waals surface area contributed by atoms with Gasteiger partial charge in [-0.1, -0.05) is 29.8 Å². The average Bonchev–Trinajstić information content (AvgIpc) is 2.90. The van der Waals surface area contributed by atoms with Gasteiger partial charge < -0.3 is 4.74 Å². The van der Waals surface area contributed by atoms with E-state index in [4.69, 9.17) is 16.3 Å². The van der Waals surface area contributed by atoms with E-state index >= 15 is 0 Å². The molecule has 1 fully saturated rings. The summed E-state index contributed by atoms with van der Waals surface area (Å²) in [5.74, 6) is 1.10. The number of hydrogen-bond acceptors (Lipinski definition) is 5. The van der Waals surface area contributed by atoms with Crippen LogP contribution >= 0.6 is 23.4 Å². The molecule has 1 aromatic carbocycles. The van der Waals surface area contributed by atoms with E-state index in [1.165, 1.54) is 31.0 Å². The van der Waals surface area contributed by atoms with Crippen LogP contribution in [0.4, 0.5) is 0 Å². The molecule has 0 spiro atoms. The smallest absolute Gasteiger partial charge is 0.192 e. The van der Waals surface area contributed by atoms with Gasteiger partial charge in [0, 0.05) is 17.6 Å². The third-order valence-corrected chi connectivity index (χ3v) is 4.96. The Morgan fingerprint density at radius 2 is 2.36 bits per heavy atom. The van der Waals surface area contributed by atoms with Crippen LogP contribution in [0.2, 0.25) is 5.02 Å². The summed E-state index contributed by atoms with van der Waals surface area (Å²) >= 11 is 7.46. The standard InChI is InChI=1S/C16H17ClN2O2S/c1-21-15-6-5-12(17)7-13(15)14(20)8-16-19(18-10-22-16)9-11-3-2-4-11/h5-8,10-11H,2-4,9H2,1H3. The number of rotatable bonds is 5. The SMILES string of the molecule is COc1ccc(Cl)cc1C(=O)C=C1SC=NN1CC1CCC1. The zero-order chi connectivity index (χ0) is 15.5. The second kappa shape index (κ2) is 6.75. The molecular weight excluding hydrogens is 320 g/mol. The van der Waals surface area contributed by atoms with E-state index in [1.54, 1.807) is 36.9 Å². The van der Waals surface area contributed by atoms with Gasteiger partial charge in [-0.2, -0.15) is 5.10 Å². The highest BCUT2D eigenvalue weighted by molar-refractivity contribution is 8.15. The first kappa shape index (κ1) is 15.4. The van der Waals surface area contributed by atoms with Crippen LogP contribution in [0.5, 0.6) is 5.75 Å². The largest absolute Gasteiger partial charge is 0.496 e. The molecule has 1 aromatic rings. The van der Waals surface area contributed by atoms with Gasteiger partial charge in [-0.25, -0.2) is 0 Å². The summed E-state index contributed by atoms with van der Waals surface area (Å²) in [6.07, 6.45) is 5.41. The molecule has 0 unspecified atom stereocenters. The highest BCUT2D eigenvalue weighted by Crippen LogP contribution is 2.33. The lowest BCUT2D eigenvalue weighted by Crippen LogP contribution is -2.26. The van der Waals surface area contributed by atoms with Crippen LogP contribution in [0.3, 0.4) is 0 Å². The molecule has 0 radical (unpaired) electrons. The number of carbonyl (C=O) groups is 1. The molecular formula is C16H17ClN2O2S. The van der Waals surface area contributed by atoms with E-state index in [1.807, 2.05) is 5.01 Å². The van der Waals surface area contributed by atoms with Gasteiger partial charge >= 0.3 is 0 Å². The minimum absolute atomic E-state index is 0.119. The van der Waals surface area contributed by atoms with E-state index in [0.717, 1.165) is 11.6 Å². The van der Waals surface area contributed by atoms with Crippen LogP contribution in [0.1, 0.15) is 29.6 Å². The van der Waals surface area contributed by atoms with Crippen molar-refractivity contribution < 1.29 is 9.53 Å². The Hall–Kier alpha value is -1.46. The van der Waals surface area contributed by atoms with Crippen molar-refractivity contribution in [3.8, 4) is 5.75 Å². The van der Waals surface area contributed by atoms with Crippen LogP contribution in [0, 0.1) is 5.92 Å². The Labute approximate surface area is 139 Å². The van der Waals surface area contributed by atoms with Crippen molar-refractivity contribution >= 4 is 34.7 Å². The Morgan fingerprint density at radius 1 is 1.55 bits per heavy atom. The molecule has 0 saturated heterocycles. The summed E-state index contributed by atoms with van der Waals surface area (Å²) < 4.78 is 5.24.